The Kier molecular flexibility index (Phi) is 5.52. The first-order chi connectivity index (χ1) is 8.79. The van der Waals surface area contributed by atoms with E-state index in [2.05, 4.69) is 33.0 Å². The van der Waals surface area contributed by atoms with Crippen molar-refractivity contribution < 1.29 is 9.18 Å². The number of hydrogen-bond acceptors (Lipinski definition) is 1. The van der Waals surface area contributed by atoms with E-state index in [1.165, 1.54) is 12.1 Å². The van der Waals surface area contributed by atoms with Crippen LogP contribution in [0, 0.1) is 17.2 Å². The molecule has 0 aliphatic heterocycles. The molecular formula is C16H24FNO. The average Bonchev–Trinajstić information content (AvgIpc) is 2.27. The van der Waals surface area contributed by atoms with Crippen molar-refractivity contribution in [2.75, 3.05) is 6.54 Å². The van der Waals surface area contributed by atoms with Gasteiger partial charge in [0.15, 0.2) is 0 Å². The van der Waals surface area contributed by atoms with Crippen molar-refractivity contribution in [1.29, 1.82) is 0 Å². The second-order valence-corrected chi connectivity index (χ2v) is 6.20. The maximum Gasteiger partial charge on any atom is 0.220 e. The zero-order chi connectivity index (χ0) is 14.5. The van der Waals surface area contributed by atoms with E-state index in [-0.39, 0.29) is 17.1 Å². The summed E-state index contributed by atoms with van der Waals surface area (Å²) in [5.41, 5.74) is 1.05. The fourth-order valence-electron chi connectivity index (χ4n) is 1.70. The van der Waals surface area contributed by atoms with Crippen LogP contribution in [0.5, 0.6) is 0 Å². The van der Waals surface area contributed by atoms with Crippen molar-refractivity contribution in [2.24, 2.45) is 11.3 Å². The van der Waals surface area contributed by atoms with Crippen LogP contribution in [-0.4, -0.2) is 12.5 Å². The largest absolute Gasteiger partial charge is 0.356 e. The predicted molar refractivity (Wildman–Crippen MR) is 76.3 cm³/mol. The molecule has 0 bridgehead atoms. The van der Waals surface area contributed by atoms with E-state index in [1.54, 1.807) is 6.07 Å². The molecule has 0 fully saturated rings. The number of hydrogen-bond donors (Lipinski definition) is 1. The van der Waals surface area contributed by atoms with Crippen molar-refractivity contribution in [1.82, 2.24) is 5.32 Å². The molecule has 0 saturated carbocycles. The van der Waals surface area contributed by atoms with E-state index in [1.807, 2.05) is 6.07 Å². The van der Waals surface area contributed by atoms with Gasteiger partial charge in [-0.15, -0.1) is 0 Å². The SMILES string of the molecule is C[C@H](CC(=O)NCCc1cccc(F)c1)C(C)(C)C. The summed E-state index contributed by atoms with van der Waals surface area (Å²) >= 11 is 0. The summed E-state index contributed by atoms with van der Waals surface area (Å²) in [5.74, 6) is 0.172. The first-order valence-electron chi connectivity index (χ1n) is 6.80. The molecule has 1 aromatic rings. The van der Waals surface area contributed by atoms with Gasteiger partial charge in [-0.3, -0.25) is 4.79 Å². The first kappa shape index (κ1) is 15.7. The van der Waals surface area contributed by atoms with Crippen molar-refractivity contribution in [3.63, 3.8) is 0 Å². The fourth-order valence-corrected chi connectivity index (χ4v) is 1.70. The van der Waals surface area contributed by atoms with Gasteiger partial charge in [-0.05, 0) is 35.4 Å². The normalized spacial score (nSPS) is 13.1. The van der Waals surface area contributed by atoms with Crippen LogP contribution in [0.15, 0.2) is 24.3 Å². The third-order valence-corrected chi connectivity index (χ3v) is 3.59. The van der Waals surface area contributed by atoms with E-state index in [4.69, 9.17) is 0 Å². The van der Waals surface area contributed by atoms with Crippen LogP contribution in [0.2, 0.25) is 0 Å². The summed E-state index contributed by atoms with van der Waals surface area (Å²) < 4.78 is 13.0. The van der Waals surface area contributed by atoms with Gasteiger partial charge in [0.25, 0.3) is 0 Å². The molecule has 1 amide bonds. The Hall–Kier alpha value is -1.38. The van der Waals surface area contributed by atoms with Crippen molar-refractivity contribution in [3.05, 3.63) is 35.6 Å². The lowest BCUT2D eigenvalue weighted by atomic mass is 9.80. The molecule has 0 radical (unpaired) electrons. The third kappa shape index (κ3) is 5.86. The zero-order valence-corrected chi connectivity index (χ0v) is 12.3. The smallest absolute Gasteiger partial charge is 0.220 e. The molecule has 19 heavy (non-hydrogen) atoms. The predicted octanol–water partition coefficient (Wildman–Crippen LogP) is 3.56. The van der Waals surface area contributed by atoms with E-state index < -0.39 is 0 Å². The molecule has 106 valence electrons. The highest BCUT2D eigenvalue weighted by atomic mass is 19.1. The summed E-state index contributed by atoms with van der Waals surface area (Å²) in [6.45, 7) is 9.05. The summed E-state index contributed by atoms with van der Waals surface area (Å²) in [6, 6.07) is 6.48. The minimum atomic E-state index is -0.231. The van der Waals surface area contributed by atoms with Gasteiger partial charge in [-0.25, -0.2) is 4.39 Å². The highest BCUT2D eigenvalue weighted by Crippen LogP contribution is 2.27. The molecule has 3 heteroatoms. The van der Waals surface area contributed by atoms with Gasteiger partial charge >= 0.3 is 0 Å². The summed E-state index contributed by atoms with van der Waals surface area (Å²) in [4.78, 5) is 11.8. The highest BCUT2D eigenvalue weighted by molar-refractivity contribution is 5.76. The van der Waals surface area contributed by atoms with Gasteiger partial charge in [0.05, 0.1) is 0 Å². The van der Waals surface area contributed by atoms with E-state index in [0.29, 0.717) is 25.3 Å². The van der Waals surface area contributed by atoms with Gasteiger partial charge in [0, 0.05) is 13.0 Å². The first-order valence-corrected chi connectivity index (χ1v) is 6.80. The lowest BCUT2D eigenvalue weighted by Gasteiger charge is -2.26. The van der Waals surface area contributed by atoms with Crippen LogP contribution in [-0.2, 0) is 11.2 Å². The van der Waals surface area contributed by atoms with Crippen LogP contribution in [0.25, 0.3) is 0 Å². The number of nitrogens with one attached hydrogen (secondary N) is 1. The van der Waals surface area contributed by atoms with Gasteiger partial charge in [-0.1, -0.05) is 39.8 Å². The fraction of sp³-hybridized carbons (Fsp3) is 0.562. The van der Waals surface area contributed by atoms with Crippen molar-refractivity contribution in [3.8, 4) is 0 Å². The molecule has 0 spiro atoms. The quantitative estimate of drug-likeness (QED) is 0.866. The molecule has 0 saturated heterocycles. The molecule has 1 aromatic carbocycles. The Morgan fingerprint density at radius 1 is 1.37 bits per heavy atom. The lowest BCUT2D eigenvalue weighted by molar-refractivity contribution is -0.122. The number of rotatable bonds is 5. The second-order valence-electron chi connectivity index (χ2n) is 6.20. The van der Waals surface area contributed by atoms with Gasteiger partial charge in [-0.2, -0.15) is 0 Å². The van der Waals surface area contributed by atoms with Crippen molar-refractivity contribution >= 4 is 5.91 Å². The monoisotopic (exact) mass is 265 g/mol. The number of carbonyl (C=O) groups is 1. The molecule has 1 N–H and O–H groups in total. The zero-order valence-electron chi connectivity index (χ0n) is 12.3. The minimum absolute atomic E-state index is 0.0684. The summed E-state index contributed by atoms with van der Waals surface area (Å²) in [6.07, 6.45) is 1.19. The Labute approximate surface area is 115 Å². The Balaban J connectivity index is 2.32. The maximum atomic E-state index is 13.0. The van der Waals surface area contributed by atoms with E-state index >= 15 is 0 Å². The summed E-state index contributed by atoms with van der Waals surface area (Å²) in [5, 5.41) is 2.89. The molecule has 0 heterocycles. The maximum absolute atomic E-state index is 13.0. The molecule has 0 aliphatic carbocycles. The number of amides is 1. The molecular weight excluding hydrogens is 241 g/mol. The second kappa shape index (κ2) is 6.69. The number of carbonyl (C=O) groups excluding carboxylic acids is 1. The highest BCUT2D eigenvalue weighted by Gasteiger charge is 2.22. The van der Waals surface area contributed by atoms with Crippen LogP contribution >= 0.6 is 0 Å². The standard InChI is InChI=1S/C16H24FNO/c1-12(16(2,3)4)10-15(19)18-9-8-13-6-5-7-14(17)11-13/h5-7,11-12H,8-10H2,1-4H3,(H,18,19)/t12-/m1/s1. The molecule has 1 atom stereocenters. The Morgan fingerprint density at radius 2 is 2.05 bits per heavy atom. The third-order valence-electron chi connectivity index (χ3n) is 3.59. The van der Waals surface area contributed by atoms with Gasteiger partial charge in [0.2, 0.25) is 5.91 Å². The van der Waals surface area contributed by atoms with E-state index in [9.17, 15) is 9.18 Å². The number of benzene rings is 1. The summed E-state index contributed by atoms with van der Waals surface area (Å²) in [7, 11) is 0. The van der Waals surface area contributed by atoms with Crippen LogP contribution in [0.3, 0.4) is 0 Å². The topological polar surface area (TPSA) is 29.1 Å². The van der Waals surface area contributed by atoms with Crippen LogP contribution in [0.4, 0.5) is 4.39 Å². The lowest BCUT2D eigenvalue weighted by Crippen LogP contribution is -2.30. The van der Waals surface area contributed by atoms with Crippen LogP contribution in [0.1, 0.15) is 39.7 Å². The molecule has 0 aromatic heterocycles. The van der Waals surface area contributed by atoms with Crippen LogP contribution < -0.4 is 5.32 Å². The van der Waals surface area contributed by atoms with Crippen molar-refractivity contribution in [2.45, 2.75) is 40.5 Å². The van der Waals surface area contributed by atoms with Gasteiger partial charge in [0.1, 0.15) is 5.82 Å². The molecule has 2 nitrogen and oxygen atoms in total. The number of halogens is 1. The minimum Gasteiger partial charge on any atom is -0.356 e. The average molecular weight is 265 g/mol. The molecule has 0 aliphatic rings. The molecule has 1 rings (SSSR count). The molecule has 0 unspecified atom stereocenters. The Morgan fingerprint density at radius 3 is 2.63 bits per heavy atom. The van der Waals surface area contributed by atoms with E-state index in [0.717, 1.165) is 5.56 Å². The Bertz CT molecular complexity index is 423. The van der Waals surface area contributed by atoms with Gasteiger partial charge < -0.3 is 5.32 Å².